The van der Waals surface area contributed by atoms with Crippen molar-refractivity contribution in [3.8, 4) is 0 Å². The molecule has 5 atom stereocenters. The Bertz CT molecular complexity index is 1700. The number of phosphoric ester groups is 2. The van der Waals surface area contributed by atoms with Crippen molar-refractivity contribution in [3.05, 3.63) is 0 Å². The lowest BCUT2D eigenvalue weighted by Gasteiger charge is -2.21. The zero-order valence-electron chi connectivity index (χ0n) is 55.8. The molecule has 0 aromatic rings. The van der Waals surface area contributed by atoms with Crippen LogP contribution in [0.25, 0.3) is 0 Å². The first-order valence-corrected chi connectivity index (χ1v) is 37.8. The van der Waals surface area contributed by atoms with Crippen LogP contribution in [-0.4, -0.2) is 96.7 Å². The van der Waals surface area contributed by atoms with E-state index >= 15 is 0 Å². The Morgan fingerprint density at radius 1 is 0.314 bits per heavy atom. The molecule has 0 saturated carbocycles. The fourth-order valence-corrected chi connectivity index (χ4v) is 11.6. The molecule has 19 heteroatoms. The number of hydrogen-bond donors (Lipinski definition) is 3. The zero-order chi connectivity index (χ0) is 63.8. The highest BCUT2D eigenvalue weighted by molar-refractivity contribution is 7.47. The summed E-state index contributed by atoms with van der Waals surface area (Å²) in [5.41, 5.74) is 0. The van der Waals surface area contributed by atoms with Crippen molar-refractivity contribution < 1.29 is 80.2 Å². The van der Waals surface area contributed by atoms with Crippen molar-refractivity contribution in [3.63, 3.8) is 0 Å². The lowest BCUT2D eigenvalue weighted by atomic mass is 10.0. The van der Waals surface area contributed by atoms with Crippen molar-refractivity contribution in [2.75, 3.05) is 39.6 Å². The molecule has 0 saturated heterocycles. The highest BCUT2D eigenvalue weighted by atomic mass is 31.2. The van der Waals surface area contributed by atoms with E-state index in [4.69, 9.17) is 37.0 Å². The number of carbonyl (C=O) groups is 4. The van der Waals surface area contributed by atoms with Crippen LogP contribution in [0.4, 0.5) is 0 Å². The maximum absolute atomic E-state index is 13.0. The number of carbonyl (C=O) groups excluding carboxylic acids is 4. The second kappa shape index (κ2) is 58.2. The monoisotopic (exact) mass is 1270 g/mol. The van der Waals surface area contributed by atoms with Crippen LogP contribution in [0, 0.1) is 17.8 Å². The largest absolute Gasteiger partial charge is 0.472 e. The van der Waals surface area contributed by atoms with Crippen LogP contribution >= 0.6 is 15.6 Å². The van der Waals surface area contributed by atoms with Crippen molar-refractivity contribution in [2.24, 2.45) is 17.8 Å². The van der Waals surface area contributed by atoms with E-state index in [1.54, 1.807) is 0 Å². The predicted octanol–water partition coefficient (Wildman–Crippen LogP) is 18.7. The van der Waals surface area contributed by atoms with Gasteiger partial charge in [-0.05, 0) is 43.4 Å². The molecule has 0 rings (SSSR count). The SMILES string of the molecule is CCCCCCCCCCC(=O)OC[C@H](COP(=O)(O)OC[C@H](O)COP(=O)(O)OC[C@@H](COC(=O)CCCCCCCCCCC(C)C)OC(=O)CCCCCCCCCCCCCCCC(C)C)OC(=O)CCCCCCCCCCC(C)C. The second-order valence-electron chi connectivity index (χ2n) is 25.6. The number of hydrogen-bond acceptors (Lipinski definition) is 15. The van der Waals surface area contributed by atoms with Gasteiger partial charge in [-0.15, -0.1) is 0 Å². The van der Waals surface area contributed by atoms with E-state index in [2.05, 4.69) is 48.5 Å². The highest BCUT2D eigenvalue weighted by Crippen LogP contribution is 2.45. The van der Waals surface area contributed by atoms with Gasteiger partial charge in [0.2, 0.25) is 0 Å². The highest BCUT2D eigenvalue weighted by Gasteiger charge is 2.30. The van der Waals surface area contributed by atoms with Crippen LogP contribution < -0.4 is 0 Å². The molecule has 0 fully saturated rings. The van der Waals surface area contributed by atoms with E-state index in [1.165, 1.54) is 135 Å². The molecule has 0 bridgehead atoms. The van der Waals surface area contributed by atoms with Gasteiger partial charge in [0.05, 0.1) is 26.4 Å². The number of phosphoric acid groups is 2. The first-order valence-electron chi connectivity index (χ1n) is 34.8. The molecular formula is C67H130O17P2. The lowest BCUT2D eigenvalue weighted by molar-refractivity contribution is -0.161. The quantitative estimate of drug-likeness (QED) is 0.0222. The summed E-state index contributed by atoms with van der Waals surface area (Å²) < 4.78 is 68.1. The third-order valence-electron chi connectivity index (χ3n) is 15.4. The van der Waals surface area contributed by atoms with Gasteiger partial charge in [-0.2, -0.15) is 0 Å². The van der Waals surface area contributed by atoms with E-state index < -0.39 is 97.5 Å². The Kier molecular flexibility index (Phi) is 56.9. The molecule has 0 aliphatic carbocycles. The Labute approximate surface area is 524 Å². The van der Waals surface area contributed by atoms with Crippen LogP contribution in [0.15, 0.2) is 0 Å². The van der Waals surface area contributed by atoms with Gasteiger partial charge in [0, 0.05) is 25.7 Å². The molecule has 0 radical (unpaired) electrons. The molecule has 3 N–H and O–H groups in total. The van der Waals surface area contributed by atoms with Crippen molar-refractivity contribution in [2.45, 2.75) is 349 Å². The molecule has 2 unspecified atom stereocenters. The molecular weight excluding hydrogens is 1140 g/mol. The molecule has 17 nitrogen and oxygen atoms in total. The third-order valence-corrected chi connectivity index (χ3v) is 17.3. The number of aliphatic hydroxyl groups excluding tert-OH is 1. The summed E-state index contributed by atoms with van der Waals surface area (Å²) >= 11 is 0. The van der Waals surface area contributed by atoms with Gasteiger partial charge in [-0.1, -0.05) is 280 Å². The molecule has 0 aromatic heterocycles. The van der Waals surface area contributed by atoms with Crippen molar-refractivity contribution in [1.82, 2.24) is 0 Å². The number of unbranched alkanes of at least 4 members (excludes halogenated alkanes) is 33. The van der Waals surface area contributed by atoms with Crippen molar-refractivity contribution >= 4 is 39.5 Å². The Hall–Kier alpha value is -1.94. The van der Waals surface area contributed by atoms with Crippen LogP contribution in [0.2, 0.25) is 0 Å². The summed E-state index contributed by atoms with van der Waals surface area (Å²) in [4.78, 5) is 72.3. The second-order valence-corrected chi connectivity index (χ2v) is 28.5. The zero-order valence-corrected chi connectivity index (χ0v) is 57.6. The Morgan fingerprint density at radius 2 is 0.535 bits per heavy atom. The van der Waals surface area contributed by atoms with Crippen LogP contribution in [0.5, 0.6) is 0 Å². The fraction of sp³-hybridized carbons (Fsp3) is 0.940. The summed E-state index contributed by atoms with van der Waals surface area (Å²) in [5, 5.41) is 10.6. The molecule has 86 heavy (non-hydrogen) atoms. The van der Waals surface area contributed by atoms with Gasteiger partial charge >= 0.3 is 39.5 Å². The Balaban J connectivity index is 5.22. The van der Waals surface area contributed by atoms with E-state index in [1.807, 2.05) is 0 Å². The summed E-state index contributed by atoms with van der Waals surface area (Å²) in [6, 6.07) is 0. The average molecular weight is 1270 g/mol. The summed E-state index contributed by atoms with van der Waals surface area (Å²) in [7, 11) is -9.89. The van der Waals surface area contributed by atoms with E-state index in [0.717, 1.165) is 114 Å². The molecule has 0 aromatic carbocycles. The minimum Gasteiger partial charge on any atom is -0.462 e. The van der Waals surface area contributed by atoms with Gasteiger partial charge in [0.15, 0.2) is 12.2 Å². The summed E-state index contributed by atoms with van der Waals surface area (Å²) in [5.74, 6) is 0.0965. The molecule has 0 aliphatic heterocycles. The van der Waals surface area contributed by atoms with Crippen molar-refractivity contribution in [1.29, 1.82) is 0 Å². The molecule has 0 amide bonds. The maximum Gasteiger partial charge on any atom is 0.472 e. The average Bonchev–Trinajstić information content (AvgIpc) is 3.68. The predicted molar refractivity (Wildman–Crippen MR) is 344 cm³/mol. The molecule has 0 heterocycles. The van der Waals surface area contributed by atoms with Crippen LogP contribution in [-0.2, 0) is 65.4 Å². The normalized spacial score (nSPS) is 14.3. The van der Waals surface area contributed by atoms with E-state index in [-0.39, 0.29) is 25.7 Å². The lowest BCUT2D eigenvalue weighted by Crippen LogP contribution is -2.30. The van der Waals surface area contributed by atoms with Gasteiger partial charge in [-0.3, -0.25) is 37.3 Å². The standard InChI is InChI=1S/C67H130O17P2/c1-8-9-10-11-12-27-34-41-48-64(69)77-54-62(84-67(72)51-44-37-30-23-21-26-33-40-47-60(6)7)56-81-85(73,74)79-52-61(68)53-80-86(75,76)82-57-63(55-78-65(70)49-42-35-28-22-20-25-32-39-46-59(4)5)83-66(71)50-43-36-29-19-17-15-13-14-16-18-24-31-38-45-58(2)3/h58-63,68H,8-57H2,1-7H3,(H,73,74)(H,75,76)/t61-,62+,63+/m0/s1. The molecule has 0 spiro atoms. The number of rotatable bonds is 65. The molecule has 510 valence electrons. The molecule has 0 aliphatic rings. The third kappa shape index (κ3) is 60.9. The van der Waals surface area contributed by atoms with E-state index in [9.17, 15) is 43.2 Å². The van der Waals surface area contributed by atoms with Crippen LogP contribution in [0.3, 0.4) is 0 Å². The topological polar surface area (TPSA) is 237 Å². The van der Waals surface area contributed by atoms with Gasteiger partial charge in [0.25, 0.3) is 0 Å². The van der Waals surface area contributed by atoms with Gasteiger partial charge in [-0.25, -0.2) is 9.13 Å². The summed E-state index contributed by atoms with van der Waals surface area (Å²) in [6.07, 6.45) is 40.4. The van der Waals surface area contributed by atoms with Crippen LogP contribution in [0.1, 0.15) is 331 Å². The fourth-order valence-electron chi connectivity index (χ4n) is 10.0. The smallest absolute Gasteiger partial charge is 0.462 e. The van der Waals surface area contributed by atoms with Gasteiger partial charge in [0.1, 0.15) is 19.3 Å². The van der Waals surface area contributed by atoms with E-state index in [0.29, 0.717) is 25.7 Å². The number of esters is 4. The number of aliphatic hydroxyl groups is 1. The first-order chi connectivity index (χ1) is 41.2. The minimum atomic E-state index is -4.95. The maximum atomic E-state index is 13.0. The first kappa shape index (κ1) is 84.1. The minimum absolute atomic E-state index is 0.104. The van der Waals surface area contributed by atoms with Gasteiger partial charge < -0.3 is 33.8 Å². The number of ether oxygens (including phenoxy) is 4. The Morgan fingerprint density at radius 3 is 0.791 bits per heavy atom. The summed E-state index contributed by atoms with van der Waals surface area (Å²) in [6.45, 7) is 11.7.